The van der Waals surface area contributed by atoms with Crippen molar-refractivity contribution in [1.82, 2.24) is 4.90 Å². The Morgan fingerprint density at radius 2 is 1.67 bits per heavy atom. The van der Waals surface area contributed by atoms with E-state index in [9.17, 15) is 23.5 Å². The van der Waals surface area contributed by atoms with E-state index in [0.717, 1.165) is 48.9 Å². The third-order valence-electron chi connectivity index (χ3n) is 7.41. The maximum atomic E-state index is 14.0. The minimum atomic E-state index is -1.24. The van der Waals surface area contributed by atoms with Gasteiger partial charge in [-0.2, -0.15) is 0 Å². The van der Waals surface area contributed by atoms with Gasteiger partial charge in [0.05, 0.1) is 29.8 Å². The number of aliphatic hydroxyl groups is 1. The number of Topliss-reactive ketones (excluding diaryl/α,β-unsaturated/α-hetero) is 1. The summed E-state index contributed by atoms with van der Waals surface area (Å²) in [5.41, 5.74) is 7.04. The van der Waals surface area contributed by atoms with Crippen LogP contribution in [0.15, 0.2) is 77.8 Å². The number of halogens is 2. The Balaban J connectivity index is 1.54. The lowest BCUT2D eigenvalue weighted by molar-refractivity contribution is -0.169. The average molecular weight is 622 g/mol. The number of amidine groups is 1. The largest absolute Gasteiger partial charge is 0.444 e. The number of nitrogens with zero attached hydrogens (tertiary/aromatic N) is 2. The molecular formula is C35H41F2N3O5. The van der Waals surface area contributed by atoms with Gasteiger partial charge in [-0.1, -0.05) is 55.3 Å². The number of nitrogens with two attached hydrogens (primary N) is 1. The van der Waals surface area contributed by atoms with Crippen LogP contribution in [0.3, 0.4) is 0 Å². The van der Waals surface area contributed by atoms with Crippen molar-refractivity contribution in [2.45, 2.75) is 89.9 Å². The SMILES string of the molecule is CC(C)(C)OC(=O)N(Cc1ccc(N=C(N)CC(=O)c2ccc(F)cc2F)cc1)[C@@H](Cc1ccccc1)C(O)OC1CCCC1. The average Bonchev–Trinajstić information content (AvgIpc) is 3.48. The molecule has 1 unspecified atom stereocenters. The van der Waals surface area contributed by atoms with Crippen molar-refractivity contribution in [3.8, 4) is 0 Å². The first-order valence-corrected chi connectivity index (χ1v) is 15.2. The summed E-state index contributed by atoms with van der Waals surface area (Å²) in [5.74, 6) is -2.41. The summed E-state index contributed by atoms with van der Waals surface area (Å²) in [6, 6.07) is 18.5. The van der Waals surface area contributed by atoms with E-state index < -0.39 is 41.4 Å². The number of ether oxygens (including phenoxy) is 2. The lowest BCUT2D eigenvalue weighted by Crippen LogP contribution is -2.51. The highest BCUT2D eigenvalue weighted by molar-refractivity contribution is 6.09. The molecule has 0 heterocycles. The number of hydrogen-bond acceptors (Lipinski definition) is 6. The molecule has 0 spiro atoms. The molecule has 8 nitrogen and oxygen atoms in total. The van der Waals surface area contributed by atoms with E-state index in [4.69, 9.17) is 15.2 Å². The second-order valence-electron chi connectivity index (χ2n) is 12.3. The number of benzene rings is 3. The maximum absolute atomic E-state index is 14.0. The topological polar surface area (TPSA) is 114 Å². The first-order chi connectivity index (χ1) is 21.4. The van der Waals surface area contributed by atoms with E-state index in [1.807, 2.05) is 30.3 Å². The highest BCUT2D eigenvalue weighted by Crippen LogP contribution is 2.27. The molecule has 45 heavy (non-hydrogen) atoms. The van der Waals surface area contributed by atoms with Crippen LogP contribution in [-0.4, -0.2) is 51.8 Å². The van der Waals surface area contributed by atoms with Crippen LogP contribution in [0, 0.1) is 11.6 Å². The summed E-state index contributed by atoms with van der Waals surface area (Å²) in [4.78, 5) is 31.9. The van der Waals surface area contributed by atoms with Crippen LogP contribution < -0.4 is 5.73 Å². The van der Waals surface area contributed by atoms with Crippen molar-refractivity contribution in [2.24, 2.45) is 10.7 Å². The Morgan fingerprint density at radius 1 is 1.00 bits per heavy atom. The van der Waals surface area contributed by atoms with Gasteiger partial charge in [0, 0.05) is 12.6 Å². The molecule has 3 aromatic carbocycles. The van der Waals surface area contributed by atoms with Gasteiger partial charge in [0.2, 0.25) is 0 Å². The number of hydrogen-bond donors (Lipinski definition) is 2. The molecule has 0 aliphatic heterocycles. The highest BCUT2D eigenvalue weighted by atomic mass is 19.1. The summed E-state index contributed by atoms with van der Waals surface area (Å²) in [5, 5.41) is 11.4. The van der Waals surface area contributed by atoms with E-state index in [2.05, 4.69) is 4.99 Å². The van der Waals surface area contributed by atoms with E-state index in [-0.39, 0.29) is 30.5 Å². The third kappa shape index (κ3) is 10.2. The zero-order valence-corrected chi connectivity index (χ0v) is 25.9. The van der Waals surface area contributed by atoms with Crippen molar-refractivity contribution in [3.05, 3.63) is 101 Å². The van der Waals surface area contributed by atoms with Crippen LogP contribution in [0.1, 0.15) is 74.4 Å². The normalized spacial score (nSPS) is 15.5. The van der Waals surface area contributed by atoms with Gasteiger partial charge in [0.1, 0.15) is 23.1 Å². The number of aliphatic imine (C=N–C) groups is 1. The quantitative estimate of drug-likeness (QED) is 0.0990. The van der Waals surface area contributed by atoms with Gasteiger partial charge in [-0.25, -0.2) is 18.6 Å². The maximum Gasteiger partial charge on any atom is 0.411 e. The predicted molar refractivity (Wildman–Crippen MR) is 168 cm³/mol. The summed E-state index contributed by atoms with van der Waals surface area (Å²) >= 11 is 0. The monoisotopic (exact) mass is 621 g/mol. The number of ketones is 1. The van der Waals surface area contributed by atoms with E-state index in [1.54, 1.807) is 45.0 Å². The fraction of sp³-hybridized carbons (Fsp3) is 0.400. The van der Waals surface area contributed by atoms with Crippen LogP contribution in [0.4, 0.5) is 19.3 Å². The summed E-state index contributed by atoms with van der Waals surface area (Å²) < 4.78 is 39.1. The number of aliphatic hydroxyl groups excluding tert-OH is 1. The standard InChI is InChI=1S/C35H41F2N3O5/c1-35(2,3)45-34(43)40(30(19-23-9-5-4-6-10-23)33(42)44-27-11-7-8-12-27)22-24-13-16-26(17-14-24)39-32(38)21-31(41)28-18-15-25(36)20-29(28)37/h4-6,9-10,13-18,20,27,30,33,42H,7-8,11-12,19,21-22H2,1-3H3,(H2,38,39)/t30-,33?/m0/s1. The van der Waals surface area contributed by atoms with Crippen molar-refractivity contribution < 1.29 is 33.0 Å². The highest BCUT2D eigenvalue weighted by Gasteiger charge is 2.35. The first kappa shape index (κ1) is 33.7. The van der Waals surface area contributed by atoms with Gasteiger partial charge in [0.25, 0.3) is 0 Å². The molecule has 1 saturated carbocycles. The first-order valence-electron chi connectivity index (χ1n) is 15.2. The lowest BCUT2D eigenvalue weighted by Gasteiger charge is -2.37. The minimum absolute atomic E-state index is 0.0398. The summed E-state index contributed by atoms with van der Waals surface area (Å²) in [7, 11) is 0. The summed E-state index contributed by atoms with van der Waals surface area (Å²) in [6.45, 7) is 5.47. The molecule has 1 amide bonds. The number of amides is 1. The van der Waals surface area contributed by atoms with Gasteiger partial charge >= 0.3 is 6.09 Å². The van der Waals surface area contributed by atoms with Gasteiger partial charge in [0.15, 0.2) is 12.1 Å². The van der Waals surface area contributed by atoms with Crippen molar-refractivity contribution in [2.75, 3.05) is 0 Å². The van der Waals surface area contributed by atoms with Crippen LogP contribution in [0.2, 0.25) is 0 Å². The van der Waals surface area contributed by atoms with Crippen molar-refractivity contribution in [3.63, 3.8) is 0 Å². The van der Waals surface area contributed by atoms with E-state index in [1.165, 1.54) is 4.90 Å². The smallest absolute Gasteiger partial charge is 0.411 e. The predicted octanol–water partition coefficient (Wildman–Crippen LogP) is 6.85. The van der Waals surface area contributed by atoms with E-state index >= 15 is 0 Å². The van der Waals surface area contributed by atoms with Crippen molar-refractivity contribution in [1.29, 1.82) is 0 Å². The minimum Gasteiger partial charge on any atom is -0.444 e. The molecule has 0 radical (unpaired) electrons. The molecule has 0 bridgehead atoms. The molecule has 1 fully saturated rings. The fourth-order valence-corrected chi connectivity index (χ4v) is 5.22. The molecule has 2 atom stereocenters. The number of carbonyl (C=O) groups excluding carboxylic acids is 2. The second-order valence-corrected chi connectivity index (χ2v) is 12.3. The Hall–Kier alpha value is -4.15. The zero-order valence-electron chi connectivity index (χ0n) is 25.9. The molecule has 3 N–H and O–H groups in total. The molecule has 240 valence electrons. The van der Waals surface area contributed by atoms with Crippen LogP contribution in [-0.2, 0) is 22.4 Å². The molecular weight excluding hydrogens is 580 g/mol. The van der Waals surface area contributed by atoms with Crippen LogP contribution in [0.5, 0.6) is 0 Å². The fourth-order valence-electron chi connectivity index (χ4n) is 5.22. The Kier molecular flexibility index (Phi) is 11.4. The Morgan fingerprint density at radius 3 is 2.29 bits per heavy atom. The molecule has 4 rings (SSSR count). The third-order valence-corrected chi connectivity index (χ3v) is 7.41. The molecule has 0 aromatic heterocycles. The number of carbonyl (C=O) groups is 2. The number of rotatable bonds is 12. The second kappa shape index (κ2) is 15.2. The van der Waals surface area contributed by atoms with Gasteiger partial charge in [-0.3, -0.25) is 9.69 Å². The molecule has 1 aliphatic carbocycles. The zero-order chi connectivity index (χ0) is 32.6. The molecule has 1 aliphatic rings. The van der Waals surface area contributed by atoms with Gasteiger partial charge < -0.3 is 20.3 Å². The van der Waals surface area contributed by atoms with Crippen LogP contribution in [0.25, 0.3) is 0 Å². The van der Waals surface area contributed by atoms with E-state index in [0.29, 0.717) is 18.2 Å². The van der Waals surface area contributed by atoms with Crippen molar-refractivity contribution >= 4 is 23.4 Å². The Labute approximate surface area is 262 Å². The van der Waals surface area contributed by atoms with Gasteiger partial charge in [-0.15, -0.1) is 0 Å². The van der Waals surface area contributed by atoms with Crippen LogP contribution >= 0.6 is 0 Å². The summed E-state index contributed by atoms with van der Waals surface area (Å²) in [6.07, 6.45) is 1.87. The molecule has 10 heteroatoms. The molecule has 0 saturated heterocycles. The Bertz CT molecular complexity index is 1470. The molecule has 3 aromatic rings. The lowest BCUT2D eigenvalue weighted by atomic mass is 10.0. The van der Waals surface area contributed by atoms with Gasteiger partial charge in [-0.05, 0) is 75.4 Å².